The second-order valence-electron chi connectivity index (χ2n) is 7.34. The van der Waals surface area contributed by atoms with Gasteiger partial charge in [0, 0.05) is 37.1 Å². The molecule has 0 unspecified atom stereocenters. The fourth-order valence-corrected chi connectivity index (χ4v) is 4.34. The molecular formula is C23H23N5O3S. The Morgan fingerprint density at radius 2 is 1.84 bits per heavy atom. The molecule has 3 N–H and O–H groups in total. The van der Waals surface area contributed by atoms with Crippen molar-refractivity contribution in [2.75, 3.05) is 22.4 Å². The average molecular weight is 450 g/mol. The number of amides is 1. The van der Waals surface area contributed by atoms with Crippen LogP contribution in [0.3, 0.4) is 0 Å². The smallest absolute Gasteiger partial charge is 0.265 e. The lowest BCUT2D eigenvalue weighted by molar-refractivity contribution is -0.115. The van der Waals surface area contributed by atoms with Crippen LogP contribution < -0.4 is 15.4 Å². The first-order valence-electron chi connectivity index (χ1n) is 10.1. The van der Waals surface area contributed by atoms with Crippen molar-refractivity contribution >= 4 is 33.3 Å². The van der Waals surface area contributed by atoms with Gasteiger partial charge in [-0.3, -0.25) is 9.52 Å². The van der Waals surface area contributed by atoms with E-state index in [4.69, 9.17) is 0 Å². The Bertz CT molecular complexity index is 1270. The summed E-state index contributed by atoms with van der Waals surface area (Å²) < 4.78 is 28.7. The van der Waals surface area contributed by atoms with E-state index in [9.17, 15) is 13.2 Å². The van der Waals surface area contributed by atoms with Crippen molar-refractivity contribution in [1.29, 1.82) is 0 Å². The number of para-hydroxylation sites is 1. The van der Waals surface area contributed by atoms with Gasteiger partial charge < -0.3 is 10.6 Å². The third-order valence-corrected chi connectivity index (χ3v) is 6.28. The van der Waals surface area contributed by atoms with E-state index >= 15 is 0 Å². The summed E-state index contributed by atoms with van der Waals surface area (Å²) in [4.78, 5) is 20.6. The normalized spacial score (nSPS) is 12.7. The maximum absolute atomic E-state index is 13.0. The van der Waals surface area contributed by atoms with Gasteiger partial charge in [-0.25, -0.2) is 18.4 Å². The number of allylic oxidation sites excluding steroid dienone is 1. The highest BCUT2D eigenvalue weighted by Crippen LogP contribution is 2.29. The average Bonchev–Trinajstić information content (AvgIpc) is 3.62. The van der Waals surface area contributed by atoms with E-state index in [1.807, 2.05) is 12.1 Å². The van der Waals surface area contributed by atoms with Gasteiger partial charge in [0.25, 0.3) is 10.0 Å². The molecule has 0 spiro atoms. The Labute approximate surface area is 186 Å². The Balaban J connectivity index is 1.60. The molecule has 1 saturated carbocycles. The molecule has 8 nitrogen and oxygen atoms in total. The number of anilines is 3. The van der Waals surface area contributed by atoms with Crippen LogP contribution in [0.15, 0.2) is 77.5 Å². The summed E-state index contributed by atoms with van der Waals surface area (Å²) in [6.07, 6.45) is 7.53. The standard InChI is InChI=1S/C23H23N5O3S/c1-24-23-20(32(30,31)28-19-5-3-2-4-6-19)13-18(15-26-23)17-11-12-25-21(14-17)27-22(29)10-9-16-7-8-16/h2-6,9,11-15,28H,7-8,10H2,1H3,(H,24,26)(H,25,27,29). The van der Waals surface area contributed by atoms with Crippen molar-refractivity contribution in [3.63, 3.8) is 0 Å². The number of aromatic nitrogens is 2. The number of nitrogens with one attached hydrogen (secondary N) is 3. The van der Waals surface area contributed by atoms with E-state index in [1.54, 1.807) is 61.9 Å². The van der Waals surface area contributed by atoms with Gasteiger partial charge in [0.2, 0.25) is 5.91 Å². The molecule has 1 fully saturated rings. The highest BCUT2D eigenvalue weighted by molar-refractivity contribution is 7.92. The number of rotatable bonds is 8. The fraction of sp³-hybridized carbons (Fsp3) is 0.174. The number of carbonyl (C=O) groups excluding carboxylic acids is 1. The Morgan fingerprint density at radius 1 is 1.06 bits per heavy atom. The molecule has 32 heavy (non-hydrogen) atoms. The van der Waals surface area contributed by atoms with Gasteiger partial charge in [-0.1, -0.05) is 29.8 Å². The molecule has 2 aromatic heterocycles. The van der Waals surface area contributed by atoms with Crippen LogP contribution >= 0.6 is 0 Å². The van der Waals surface area contributed by atoms with E-state index in [2.05, 4.69) is 25.3 Å². The number of benzene rings is 1. The van der Waals surface area contributed by atoms with Crippen LogP contribution in [-0.2, 0) is 14.8 Å². The number of sulfonamides is 1. The first-order valence-corrected chi connectivity index (χ1v) is 11.6. The lowest BCUT2D eigenvalue weighted by atomic mass is 10.1. The molecular weight excluding hydrogens is 426 g/mol. The van der Waals surface area contributed by atoms with E-state index < -0.39 is 10.0 Å². The minimum atomic E-state index is -3.89. The molecule has 1 amide bonds. The van der Waals surface area contributed by atoms with Gasteiger partial charge in [-0.15, -0.1) is 0 Å². The summed E-state index contributed by atoms with van der Waals surface area (Å²) in [5.74, 6) is 0.479. The molecule has 164 valence electrons. The third-order valence-electron chi connectivity index (χ3n) is 4.88. The molecule has 0 saturated heterocycles. The van der Waals surface area contributed by atoms with Gasteiger partial charge in [0.15, 0.2) is 0 Å². The molecule has 1 aliphatic carbocycles. The van der Waals surface area contributed by atoms with Crippen molar-refractivity contribution in [3.8, 4) is 11.1 Å². The van der Waals surface area contributed by atoms with Gasteiger partial charge in [0.1, 0.15) is 16.5 Å². The quantitative estimate of drug-likeness (QED) is 0.448. The molecule has 4 rings (SSSR count). The Hall–Kier alpha value is -3.72. The van der Waals surface area contributed by atoms with Crippen LogP contribution in [0.2, 0.25) is 0 Å². The van der Waals surface area contributed by atoms with E-state index in [1.165, 1.54) is 5.57 Å². The van der Waals surface area contributed by atoms with Crippen molar-refractivity contribution in [2.45, 2.75) is 24.2 Å². The molecule has 3 aromatic rings. The summed E-state index contributed by atoms with van der Waals surface area (Å²) >= 11 is 0. The maximum atomic E-state index is 13.0. The second-order valence-corrected chi connectivity index (χ2v) is 8.99. The molecule has 0 atom stereocenters. The topological polar surface area (TPSA) is 113 Å². The SMILES string of the molecule is CNc1ncc(-c2ccnc(NC(=O)CC=C3CC3)c2)cc1S(=O)(=O)Nc1ccccc1. The minimum absolute atomic E-state index is 0.0137. The zero-order chi connectivity index (χ0) is 22.6. The molecule has 0 radical (unpaired) electrons. The lowest BCUT2D eigenvalue weighted by Gasteiger charge is -2.13. The maximum Gasteiger partial charge on any atom is 0.265 e. The van der Waals surface area contributed by atoms with Gasteiger partial charge >= 0.3 is 0 Å². The van der Waals surface area contributed by atoms with Crippen LogP contribution in [0.25, 0.3) is 11.1 Å². The summed E-state index contributed by atoms with van der Waals surface area (Å²) in [6, 6.07) is 13.6. The van der Waals surface area contributed by atoms with Crippen molar-refractivity contribution in [3.05, 3.63) is 72.6 Å². The van der Waals surface area contributed by atoms with Crippen molar-refractivity contribution < 1.29 is 13.2 Å². The molecule has 1 aliphatic rings. The van der Waals surface area contributed by atoms with Crippen molar-refractivity contribution in [2.24, 2.45) is 0 Å². The first-order chi connectivity index (χ1) is 15.4. The zero-order valence-electron chi connectivity index (χ0n) is 17.5. The van der Waals surface area contributed by atoms with E-state index in [0.717, 1.165) is 12.8 Å². The fourth-order valence-electron chi connectivity index (χ4n) is 3.10. The summed E-state index contributed by atoms with van der Waals surface area (Å²) in [5, 5.41) is 5.60. The Kier molecular flexibility index (Phi) is 6.18. The molecule has 2 heterocycles. The summed E-state index contributed by atoms with van der Waals surface area (Å²) in [7, 11) is -2.28. The molecule has 0 bridgehead atoms. The second kappa shape index (κ2) is 9.19. The largest absolute Gasteiger partial charge is 0.372 e. The third kappa shape index (κ3) is 5.30. The van der Waals surface area contributed by atoms with Crippen LogP contribution in [0.1, 0.15) is 19.3 Å². The monoisotopic (exact) mass is 449 g/mol. The van der Waals surface area contributed by atoms with E-state index in [-0.39, 0.29) is 16.6 Å². The molecule has 1 aromatic carbocycles. The zero-order valence-corrected chi connectivity index (χ0v) is 18.3. The highest BCUT2D eigenvalue weighted by atomic mass is 32.2. The van der Waals surface area contributed by atoms with Gasteiger partial charge in [0.05, 0.1) is 0 Å². The van der Waals surface area contributed by atoms with Crippen LogP contribution in [0, 0.1) is 0 Å². The highest BCUT2D eigenvalue weighted by Gasteiger charge is 2.21. The predicted molar refractivity (Wildman–Crippen MR) is 125 cm³/mol. The first kappa shape index (κ1) is 21.5. The Morgan fingerprint density at radius 3 is 2.56 bits per heavy atom. The number of pyridine rings is 2. The number of hydrogen-bond acceptors (Lipinski definition) is 6. The predicted octanol–water partition coefficient (Wildman–Crippen LogP) is 4.03. The van der Waals surface area contributed by atoms with Crippen LogP contribution in [0.4, 0.5) is 17.3 Å². The number of hydrogen-bond donors (Lipinski definition) is 3. The number of carbonyl (C=O) groups is 1. The lowest BCUT2D eigenvalue weighted by Crippen LogP contribution is -2.15. The summed E-state index contributed by atoms with van der Waals surface area (Å²) in [6.45, 7) is 0. The summed E-state index contributed by atoms with van der Waals surface area (Å²) in [5.41, 5.74) is 3.02. The number of nitrogens with zero attached hydrogens (tertiary/aromatic N) is 2. The minimum Gasteiger partial charge on any atom is -0.372 e. The van der Waals surface area contributed by atoms with Crippen LogP contribution in [-0.4, -0.2) is 31.3 Å². The molecule has 9 heteroatoms. The van der Waals surface area contributed by atoms with Gasteiger partial charge in [-0.05, 0) is 48.7 Å². The van der Waals surface area contributed by atoms with Gasteiger partial charge in [-0.2, -0.15) is 0 Å². The van der Waals surface area contributed by atoms with E-state index in [0.29, 0.717) is 29.1 Å². The van der Waals surface area contributed by atoms with Crippen molar-refractivity contribution in [1.82, 2.24) is 9.97 Å². The molecule has 0 aliphatic heterocycles. The van der Waals surface area contributed by atoms with Crippen LogP contribution in [0.5, 0.6) is 0 Å².